The molecule has 1 aromatic rings. The number of halogens is 1. The van der Waals surface area contributed by atoms with E-state index in [4.69, 9.17) is 0 Å². The van der Waals surface area contributed by atoms with Crippen LogP contribution in [-0.2, 0) is 0 Å². The van der Waals surface area contributed by atoms with Crippen LogP contribution in [0.1, 0.15) is 0 Å². The molecule has 1 rings (SSSR count). The molecule has 1 aromatic heterocycles. The van der Waals surface area contributed by atoms with Gasteiger partial charge in [0.25, 0.3) is 0 Å². The molecule has 0 spiro atoms. The van der Waals surface area contributed by atoms with Crippen LogP contribution in [0.3, 0.4) is 0 Å². The van der Waals surface area contributed by atoms with E-state index in [0.29, 0.717) is 0 Å². The van der Waals surface area contributed by atoms with Crippen LogP contribution in [0.4, 0.5) is 0 Å². The SMILES string of the molecule is Cl.[Li][c]1nccs1. The third-order valence-corrected chi connectivity index (χ3v) is 1.26. The van der Waals surface area contributed by atoms with Gasteiger partial charge in [0, 0.05) is 0 Å². The van der Waals surface area contributed by atoms with Gasteiger partial charge < -0.3 is 0 Å². The molecule has 0 amide bonds. The van der Waals surface area contributed by atoms with Crippen molar-refractivity contribution in [2.75, 3.05) is 0 Å². The summed E-state index contributed by atoms with van der Waals surface area (Å²) in [5.74, 6) is 0. The molecule has 0 aliphatic rings. The summed E-state index contributed by atoms with van der Waals surface area (Å²) in [6, 6.07) is 0. The first-order valence-electron chi connectivity index (χ1n) is 1.75. The molecule has 0 N–H and O–H groups in total. The van der Waals surface area contributed by atoms with Crippen LogP contribution in [0.25, 0.3) is 0 Å². The molecule has 0 aliphatic heterocycles. The Kier molecular flexibility index (Phi) is 3.77. The fourth-order valence-electron chi connectivity index (χ4n) is 0.295. The molecule has 7 heavy (non-hydrogen) atoms. The van der Waals surface area contributed by atoms with Gasteiger partial charge in [0.2, 0.25) is 0 Å². The van der Waals surface area contributed by atoms with Gasteiger partial charge in [-0.05, 0) is 0 Å². The van der Waals surface area contributed by atoms with E-state index >= 15 is 0 Å². The second-order valence-corrected chi connectivity index (χ2v) is 2.15. The summed E-state index contributed by atoms with van der Waals surface area (Å²) >= 11 is 3.66. The summed E-state index contributed by atoms with van der Waals surface area (Å²) in [6.45, 7) is 0. The average molecular weight is 128 g/mol. The summed E-state index contributed by atoms with van der Waals surface area (Å²) in [5, 5.41) is 1.97. The molecular formula is C3H3ClLiNS. The Labute approximate surface area is 61.8 Å². The average Bonchev–Trinajstić information content (AvgIpc) is 1.86. The van der Waals surface area contributed by atoms with Gasteiger partial charge in [0.05, 0.1) is 0 Å². The van der Waals surface area contributed by atoms with E-state index in [1.807, 2.05) is 23.1 Å². The summed E-state index contributed by atoms with van der Waals surface area (Å²) in [4.78, 5) is 3.94. The molecule has 0 unspecified atom stereocenters. The van der Waals surface area contributed by atoms with Crippen molar-refractivity contribution in [3.05, 3.63) is 11.6 Å². The number of thiazole rings is 1. The van der Waals surface area contributed by atoms with Gasteiger partial charge in [-0.3, -0.25) is 0 Å². The zero-order chi connectivity index (χ0) is 4.41. The Morgan fingerprint density at radius 3 is 2.57 bits per heavy atom. The molecule has 0 aliphatic carbocycles. The maximum atomic E-state index is 3.94. The first-order valence-corrected chi connectivity index (χ1v) is 2.63. The molecule has 0 radical (unpaired) electrons. The zero-order valence-corrected chi connectivity index (χ0v) is 5.55. The number of hydrogen-bond acceptors (Lipinski definition) is 2. The Morgan fingerprint density at radius 1 is 1.71 bits per heavy atom. The summed E-state index contributed by atoms with van der Waals surface area (Å²) in [5.41, 5.74) is 0. The number of nitrogens with zero attached hydrogens (tertiary/aromatic N) is 1. The van der Waals surface area contributed by atoms with Gasteiger partial charge in [-0.2, -0.15) is 0 Å². The normalized spacial score (nSPS) is 7.71. The monoisotopic (exact) mass is 127 g/mol. The molecular weight excluding hydrogens is 125 g/mol. The van der Waals surface area contributed by atoms with Crippen LogP contribution in [0.15, 0.2) is 11.6 Å². The van der Waals surface area contributed by atoms with Crippen LogP contribution in [0, 0.1) is 0 Å². The van der Waals surface area contributed by atoms with E-state index < -0.39 is 0 Å². The van der Waals surface area contributed by atoms with Crippen LogP contribution in [0.2, 0.25) is 0 Å². The number of aromatic nitrogens is 1. The van der Waals surface area contributed by atoms with Crippen molar-refractivity contribution in [2.24, 2.45) is 0 Å². The fourth-order valence-corrected chi connectivity index (χ4v) is 0.735. The van der Waals surface area contributed by atoms with Crippen molar-refractivity contribution in [3.63, 3.8) is 0 Å². The predicted octanol–water partition coefficient (Wildman–Crippen LogP) is 0.359. The minimum atomic E-state index is 0. The topological polar surface area (TPSA) is 12.9 Å². The molecule has 0 aromatic carbocycles. The Balaban J connectivity index is 0.000000360. The number of rotatable bonds is 0. The van der Waals surface area contributed by atoms with Crippen molar-refractivity contribution < 1.29 is 0 Å². The molecule has 0 saturated heterocycles. The van der Waals surface area contributed by atoms with Crippen LogP contribution in [-0.4, -0.2) is 22.7 Å². The molecule has 4 heteroatoms. The van der Waals surface area contributed by atoms with Crippen molar-refractivity contribution >= 4 is 45.1 Å². The van der Waals surface area contributed by atoms with Crippen molar-refractivity contribution in [2.45, 2.75) is 0 Å². The molecule has 34 valence electrons. The molecule has 0 saturated carbocycles. The van der Waals surface area contributed by atoms with Crippen molar-refractivity contribution in [1.29, 1.82) is 0 Å². The van der Waals surface area contributed by atoms with E-state index in [9.17, 15) is 0 Å². The van der Waals surface area contributed by atoms with E-state index in [1.54, 1.807) is 17.5 Å². The maximum absolute atomic E-state index is 3.94. The third-order valence-electron chi connectivity index (χ3n) is 0.556. The van der Waals surface area contributed by atoms with Gasteiger partial charge in [-0.15, -0.1) is 12.4 Å². The van der Waals surface area contributed by atoms with Gasteiger partial charge in [-0.25, -0.2) is 0 Å². The first kappa shape index (κ1) is 7.52. The van der Waals surface area contributed by atoms with Gasteiger partial charge >= 0.3 is 49.3 Å². The van der Waals surface area contributed by atoms with Gasteiger partial charge in [0.1, 0.15) is 0 Å². The fraction of sp³-hybridized carbons (Fsp3) is 0. The Morgan fingerprint density at radius 2 is 2.43 bits per heavy atom. The molecule has 0 fully saturated rings. The van der Waals surface area contributed by atoms with Crippen LogP contribution in [0.5, 0.6) is 0 Å². The predicted molar refractivity (Wildman–Crippen MR) is 34.8 cm³/mol. The molecule has 0 bridgehead atoms. The standard InChI is InChI=1S/C3H2NS.ClH.Li/c1-2-5-3-4-1;;/h1-2H;1H;. The van der Waals surface area contributed by atoms with Crippen LogP contribution >= 0.6 is 23.7 Å². The molecule has 1 heterocycles. The second-order valence-electron chi connectivity index (χ2n) is 1.05. The number of hydrogen-bond donors (Lipinski definition) is 0. The van der Waals surface area contributed by atoms with Crippen molar-refractivity contribution in [3.8, 4) is 0 Å². The van der Waals surface area contributed by atoms with Crippen molar-refractivity contribution in [1.82, 2.24) is 4.98 Å². The van der Waals surface area contributed by atoms with Crippen LogP contribution < -0.4 is 3.68 Å². The third kappa shape index (κ3) is 2.35. The summed E-state index contributed by atoms with van der Waals surface area (Å²) in [7, 11) is 0. The summed E-state index contributed by atoms with van der Waals surface area (Å²) < 4.78 is 1.13. The first-order chi connectivity index (χ1) is 2.89. The Bertz CT molecular complexity index is 118. The zero-order valence-electron chi connectivity index (χ0n) is 3.92. The molecule has 0 atom stereocenters. The Hall–Kier alpha value is 0.517. The van der Waals surface area contributed by atoms with Gasteiger partial charge in [-0.1, -0.05) is 0 Å². The second kappa shape index (κ2) is 3.51. The van der Waals surface area contributed by atoms with E-state index in [2.05, 4.69) is 4.98 Å². The minimum absolute atomic E-state index is 0. The quantitative estimate of drug-likeness (QED) is 0.459. The van der Waals surface area contributed by atoms with E-state index in [1.165, 1.54) is 0 Å². The van der Waals surface area contributed by atoms with Gasteiger partial charge in [0.15, 0.2) is 0 Å². The summed E-state index contributed by atoms with van der Waals surface area (Å²) in [6.07, 6.45) is 1.81. The van der Waals surface area contributed by atoms with E-state index in [0.717, 1.165) is 3.68 Å². The molecule has 1 nitrogen and oxygen atoms in total. The van der Waals surface area contributed by atoms with E-state index in [-0.39, 0.29) is 12.4 Å².